The number of quaternary nitrogens is 1. The number of unbranched alkanes of at least 4 members (excludes halogenated alkanes) is 19. The lowest BCUT2D eigenvalue weighted by Crippen LogP contribution is -2.44. The summed E-state index contributed by atoms with van der Waals surface area (Å²) in [5.74, 6) is -2.31. The van der Waals surface area contributed by atoms with Crippen molar-refractivity contribution < 1.29 is 42.9 Å². The van der Waals surface area contributed by atoms with Crippen LogP contribution in [0.2, 0.25) is 0 Å². The minimum atomic E-state index is -1.62. The summed E-state index contributed by atoms with van der Waals surface area (Å²) in [4.78, 5) is 36.9. The van der Waals surface area contributed by atoms with Crippen LogP contribution >= 0.6 is 0 Å². The first-order valence-electron chi connectivity index (χ1n) is 23.3. The minimum Gasteiger partial charge on any atom is -0.545 e. The van der Waals surface area contributed by atoms with Crippen LogP contribution in [0.25, 0.3) is 0 Å². The number of carbonyl (C=O) groups excluding carboxylic acids is 3. The topological polar surface area (TPSA) is 111 Å². The number of carboxylic acid groups (broad SMARTS) is 1. The first kappa shape index (κ1) is 55.2. The molecular formula is C49H87NO8. The second kappa shape index (κ2) is 41.0. The van der Waals surface area contributed by atoms with E-state index in [1.807, 2.05) is 21.1 Å². The van der Waals surface area contributed by atoms with Gasteiger partial charge >= 0.3 is 11.9 Å². The maximum atomic E-state index is 12.8. The second-order valence-electron chi connectivity index (χ2n) is 16.7. The zero-order chi connectivity index (χ0) is 42.8. The Morgan fingerprint density at radius 2 is 0.966 bits per heavy atom. The van der Waals surface area contributed by atoms with Gasteiger partial charge in [0, 0.05) is 12.8 Å². The number of hydrogen-bond acceptors (Lipinski definition) is 8. The summed E-state index contributed by atoms with van der Waals surface area (Å²) in [5, 5.41) is 11.7. The fraction of sp³-hybridized carbons (Fsp3) is 0.776. The van der Waals surface area contributed by atoms with Gasteiger partial charge in [-0.05, 0) is 70.6 Å². The van der Waals surface area contributed by atoms with E-state index in [0.29, 0.717) is 17.4 Å². The predicted octanol–water partition coefficient (Wildman–Crippen LogP) is 11.1. The Labute approximate surface area is 355 Å². The van der Waals surface area contributed by atoms with Gasteiger partial charge < -0.3 is 33.3 Å². The van der Waals surface area contributed by atoms with Crippen LogP contribution < -0.4 is 5.11 Å². The van der Waals surface area contributed by atoms with Crippen molar-refractivity contribution in [3.8, 4) is 0 Å². The van der Waals surface area contributed by atoms with Crippen molar-refractivity contribution in [2.75, 3.05) is 47.5 Å². The molecule has 0 aromatic heterocycles. The number of hydrogen-bond donors (Lipinski definition) is 0. The van der Waals surface area contributed by atoms with Gasteiger partial charge in [-0.25, -0.2) is 0 Å². The molecule has 0 radical (unpaired) electrons. The SMILES string of the molecule is CCC/C=C\CCCCCCCC(=O)OCC(COC(OCC[N+](C)(C)C)C(=O)[O-])OC(=O)CCCCCCCCCC/C=C\C/C=C\C/C=C\CCCCCCC. The maximum absolute atomic E-state index is 12.8. The fourth-order valence-electron chi connectivity index (χ4n) is 6.13. The summed E-state index contributed by atoms with van der Waals surface area (Å²) in [6.07, 6.45) is 44.4. The van der Waals surface area contributed by atoms with E-state index in [2.05, 4.69) is 62.5 Å². The highest BCUT2D eigenvalue weighted by molar-refractivity contribution is 5.70. The molecule has 0 aromatic rings. The molecule has 0 saturated heterocycles. The van der Waals surface area contributed by atoms with E-state index >= 15 is 0 Å². The Balaban J connectivity index is 4.35. The second-order valence-corrected chi connectivity index (χ2v) is 16.7. The normalized spacial score (nSPS) is 13.3. The van der Waals surface area contributed by atoms with Gasteiger partial charge in [0.2, 0.25) is 0 Å². The van der Waals surface area contributed by atoms with Crippen LogP contribution in [-0.2, 0) is 33.3 Å². The van der Waals surface area contributed by atoms with Crippen molar-refractivity contribution in [3.63, 3.8) is 0 Å². The Bertz CT molecular complexity index is 1090. The van der Waals surface area contributed by atoms with Crippen molar-refractivity contribution in [1.82, 2.24) is 0 Å². The highest BCUT2D eigenvalue weighted by atomic mass is 16.7. The van der Waals surface area contributed by atoms with E-state index < -0.39 is 24.3 Å². The van der Waals surface area contributed by atoms with E-state index in [9.17, 15) is 19.5 Å². The van der Waals surface area contributed by atoms with Gasteiger partial charge in [-0.1, -0.05) is 152 Å². The molecule has 0 N–H and O–H groups in total. The number of allylic oxidation sites excluding steroid dienone is 8. The number of carbonyl (C=O) groups is 3. The molecule has 0 aliphatic carbocycles. The van der Waals surface area contributed by atoms with E-state index in [-0.39, 0.29) is 38.6 Å². The summed E-state index contributed by atoms with van der Waals surface area (Å²) < 4.78 is 22.5. The molecule has 58 heavy (non-hydrogen) atoms. The molecule has 2 unspecified atom stereocenters. The Morgan fingerprint density at radius 1 is 0.517 bits per heavy atom. The monoisotopic (exact) mass is 818 g/mol. The van der Waals surface area contributed by atoms with Crippen LogP contribution in [0.3, 0.4) is 0 Å². The van der Waals surface area contributed by atoms with E-state index in [4.69, 9.17) is 18.9 Å². The molecule has 0 heterocycles. The molecule has 0 fully saturated rings. The molecule has 0 spiro atoms. The summed E-state index contributed by atoms with van der Waals surface area (Å²) in [7, 11) is 5.90. The fourth-order valence-corrected chi connectivity index (χ4v) is 6.13. The standard InChI is InChI=1S/C49H87NO8/c1-6-8-10-12-14-16-18-19-20-21-22-23-24-25-26-27-28-29-30-32-34-36-38-40-47(52)58-45(44-57-49(48(53)54)55-42-41-50(3,4)5)43-56-46(51)39-37-35-33-31-17-15-13-11-9-7-2/h11,13,18-19,21-22,24-25,45,49H,6-10,12,14-17,20,23,26-44H2,1-5H3/b13-11-,19-18-,22-21-,25-24-. The van der Waals surface area contributed by atoms with Crippen molar-refractivity contribution in [2.45, 2.75) is 200 Å². The van der Waals surface area contributed by atoms with Crippen molar-refractivity contribution >= 4 is 17.9 Å². The summed E-state index contributed by atoms with van der Waals surface area (Å²) >= 11 is 0. The number of rotatable bonds is 42. The van der Waals surface area contributed by atoms with Crippen LogP contribution in [0.15, 0.2) is 48.6 Å². The summed E-state index contributed by atoms with van der Waals surface area (Å²) in [6.45, 7) is 4.64. The van der Waals surface area contributed by atoms with Crippen molar-refractivity contribution in [3.05, 3.63) is 48.6 Å². The number of esters is 2. The smallest absolute Gasteiger partial charge is 0.306 e. The van der Waals surface area contributed by atoms with E-state index in [1.54, 1.807) is 0 Å². The third kappa shape index (κ3) is 41.4. The average Bonchev–Trinajstić information content (AvgIpc) is 3.18. The summed E-state index contributed by atoms with van der Waals surface area (Å²) in [6, 6.07) is 0. The Hall–Kier alpha value is -2.75. The third-order valence-corrected chi connectivity index (χ3v) is 9.78. The average molecular weight is 818 g/mol. The molecule has 0 saturated carbocycles. The van der Waals surface area contributed by atoms with Crippen molar-refractivity contribution in [2.24, 2.45) is 0 Å². The van der Waals surface area contributed by atoms with Gasteiger partial charge in [-0.15, -0.1) is 0 Å². The zero-order valence-corrected chi connectivity index (χ0v) is 37.9. The third-order valence-electron chi connectivity index (χ3n) is 9.78. The van der Waals surface area contributed by atoms with Gasteiger partial charge in [-0.2, -0.15) is 0 Å². The predicted molar refractivity (Wildman–Crippen MR) is 237 cm³/mol. The molecular weight excluding hydrogens is 731 g/mol. The first-order valence-corrected chi connectivity index (χ1v) is 23.3. The van der Waals surface area contributed by atoms with Gasteiger partial charge in [0.1, 0.15) is 13.2 Å². The number of likely N-dealkylation sites (N-methyl/N-ethyl adjacent to an activating group) is 1. The molecule has 0 aromatic carbocycles. The lowest BCUT2D eigenvalue weighted by Gasteiger charge is -2.26. The number of carboxylic acids is 1. The van der Waals surface area contributed by atoms with Gasteiger partial charge in [-0.3, -0.25) is 9.59 Å². The Morgan fingerprint density at radius 3 is 1.47 bits per heavy atom. The van der Waals surface area contributed by atoms with Crippen LogP contribution in [0.5, 0.6) is 0 Å². The van der Waals surface area contributed by atoms with Crippen LogP contribution in [0, 0.1) is 0 Å². The molecule has 2 atom stereocenters. The lowest BCUT2D eigenvalue weighted by molar-refractivity contribution is -0.870. The highest BCUT2D eigenvalue weighted by Gasteiger charge is 2.21. The highest BCUT2D eigenvalue weighted by Crippen LogP contribution is 2.13. The molecule has 0 aliphatic heterocycles. The summed E-state index contributed by atoms with van der Waals surface area (Å²) in [5.41, 5.74) is 0. The largest absolute Gasteiger partial charge is 0.545 e. The molecule has 0 amide bonds. The van der Waals surface area contributed by atoms with Gasteiger partial charge in [0.25, 0.3) is 0 Å². The number of ether oxygens (including phenoxy) is 4. The van der Waals surface area contributed by atoms with Gasteiger partial charge in [0.15, 0.2) is 12.4 Å². The molecule has 9 heteroatoms. The van der Waals surface area contributed by atoms with Crippen LogP contribution in [-0.4, -0.2) is 82.3 Å². The molecule has 0 aliphatic rings. The molecule has 0 rings (SSSR count). The van der Waals surface area contributed by atoms with Crippen molar-refractivity contribution in [1.29, 1.82) is 0 Å². The first-order chi connectivity index (χ1) is 28.1. The molecule has 336 valence electrons. The molecule has 0 bridgehead atoms. The zero-order valence-electron chi connectivity index (χ0n) is 37.9. The quantitative estimate of drug-likeness (QED) is 0.0197. The van der Waals surface area contributed by atoms with E-state index in [0.717, 1.165) is 83.5 Å². The maximum Gasteiger partial charge on any atom is 0.306 e. The van der Waals surface area contributed by atoms with Gasteiger partial charge in [0.05, 0.1) is 40.3 Å². The number of nitrogens with zero attached hydrogens (tertiary/aromatic N) is 1. The lowest BCUT2D eigenvalue weighted by atomic mass is 10.1. The van der Waals surface area contributed by atoms with E-state index in [1.165, 1.54) is 70.6 Å². The minimum absolute atomic E-state index is 0.143. The number of aliphatic carboxylic acids is 1. The van der Waals surface area contributed by atoms with Crippen LogP contribution in [0.1, 0.15) is 187 Å². The van der Waals surface area contributed by atoms with Crippen LogP contribution in [0.4, 0.5) is 0 Å². The molecule has 9 nitrogen and oxygen atoms in total. The Kier molecular flexibility index (Phi) is 39.1.